The van der Waals surface area contributed by atoms with Crippen molar-refractivity contribution in [3.63, 3.8) is 0 Å². The number of halogens is 1. The van der Waals surface area contributed by atoms with Crippen LogP contribution >= 0.6 is 11.6 Å². The predicted octanol–water partition coefficient (Wildman–Crippen LogP) is 2.28. The van der Waals surface area contributed by atoms with Gasteiger partial charge in [0.1, 0.15) is 0 Å². The largest absolute Gasteiger partial charge is 0.355 e. The Labute approximate surface area is 137 Å². The van der Waals surface area contributed by atoms with Gasteiger partial charge in [-0.15, -0.1) is 0 Å². The van der Waals surface area contributed by atoms with Crippen LogP contribution in [-0.2, 0) is 0 Å². The molecular weight excluding hydrogens is 300 g/mol. The number of amides is 1. The normalized spacial score (nSPS) is 12.9. The van der Waals surface area contributed by atoms with Crippen LogP contribution in [0.3, 0.4) is 0 Å². The topological polar surface area (TPSA) is 65.5 Å². The van der Waals surface area contributed by atoms with Crippen LogP contribution in [0, 0.1) is 5.92 Å². The van der Waals surface area contributed by atoms with Crippen LogP contribution in [0.1, 0.15) is 31.1 Å². The van der Waals surface area contributed by atoms with Gasteiger partial charge < -0.3 is 16.0 Å². The molecule has 0 aliphatic carbocycles. The summed E-state index contributed by atoms with van der Waals surface area (Å²) in [7, 11) is 1.73. The van der Waals surface area contributed by atoms with E-state index in [4.69, 9.17) is 11.6 Å². The average molecular weight is 325 g/mol. The molecule has 0 heterocycles. The van der Waals surface area contributed by atoms with Gasteiger partial charge in [-0.2, -0.15) is 0 Å². The highest BCUT2D eigenvalue weighted by atomic mass is 35.5. The maximum atomic E-state index is 12.0. The molecule has 1 atom stereocenters. The van der Waals surface area contributed by atoms with E-state index >= 15 is 0 Å². The minimum Gasteiger partial charge on any atom is -0.355 e. The monoisotopic (exact) mass is 324 g/mol. The van der Waals surface area contributed by atoms with Gasteiger partial charge in [-0.1, -0.05) is 37.6 Å². The van der Waals surface area contributed by atoms with E-state index in [9.17, 15) is 4.79 Å². The average Bonchev–Trinajstić information content (AvgIpc) is 2.50. The molecule has 3 N–H and O–H groups in total. The van der Waals surface area contributed by atoms with E-state index in [1.807, 2.05) is 0 Å². The lowest BCUT2D eigenvalue weighted by atomic mass is 10.1. The van der Waals surface area contributed by atoms with Crippen molar-refractivity contribution in [3.05, 3.63) is 34.9 Å². The van der Waals surface area contributed by atoms with Gasteiger partial charge in [0, 0.05) is 26.2 Å². The highest BCUT2D eigenvalue weighted by Crippen LogP contribution is 2.14. The minimum atomic E-state index is -0.175. The van der Waals surface area contributed by atoms with Gasteiger partial charge in [-0.05, 0) is 25.0 Å². The number of benzene rings is 1. The van der Waals surface area contributed by atoms with Crippen LogP contribution in [0.5, 0.6) is 0 Å². The fourth-order valence-corrected chi connectivity index (χ4v) is 1.90. The minimum absolute atomic E-state index is 0.175. The van der Waals surface area contributed by atoms with E-state index in [-0.39, 0.29) is 5.91 Å². The van der Waals surface area contributed by atoms with Crippen LogP contribution < -0.4 is 16.0 Å². The molecule has 1 aromatic carbocycles. The summed E-state index contributed by atoms with van der Waals surface area (Å²) >= 11 is 5.99. The molecule has 0 aliphatic rings. The number of rotatable bonds is 6. The highest BCUT2D eigenvalue weighted by Gasteiger charge is 2.10. The van der Waals surface area contributed by atoms with Crippen molar-refractivity contribution in [2.75, 3.05) is 20.1 Å². The lowest BCUT2D eigenvalue weighted by Crippen LogP contribution is -2.46. The summed E-state index contributed by atoms with van der Waals surface area (Å²) in [5, 5.41) is 9.75. The van der Waals surface area contributed by atoms with Crippen LogP contribution in [0.2, 0.25) is 5.02 Å². The third-order valence-corrected chi connectivity index (χ3v) is 3.74. The van der Waals surface area contributed by atoms with Gasteiger partial charge in [0.15, 0.2) is 5.96 Å². The maximum absolute atomic E-state index is 12.0. The molecule has 0 fully saturated rings. The fraction of sp³-hybridized carbons (Fsp3) is 0.500. The molecule has 1 unspecified atom stereocenters. The molecule has 0 saturated heterocycles. The zero-order valence-electron chi connectivity index (χ0n) is 13.6. The number of hydrogen-bond acceptors (Lipinski definition) is 2. The van der Waals surface area contributed by atoms with Crippen LogP contribution in [0.15, 0.2) is 29.3 Å². The highest BCUT2D eigenvalue weighted by molar-refractivity contribution is 6.33. The van der Waals surface area contributed by atoms with E-state index < -0.39 is 0 Å². The van der Waals surface area contributed by atoms with Gasteiger partial charge in [-0.3, -0.25) is 9.79 Å². The van der Waals surface area contributed by atoms with Crippen molar-refractivity contribution in [1.29, 1.82) is 0 Å². The second-order valence-electron chi connectivity index (χ2n) is 5.41. The lowest BCUT2D eigenvalue weighted by molar-refractivity contribution is 0.0954. The van der Waals surface area contributed by atoms with E-state index in [2.05, 4.69) is 41.7 Å². The first-order valence-electron chi connectivity index (χ1n) is 7.45. The quantitative estimate of drug-likeness (QED) is 0.427. The van der Waals surface area contributed by atoms with Crippen LogP contribution in [-0.4, -0.2) is 38.0 Å². The Morgan fingerprint density at radius 1 is 1.18 bits per heavy atom. The summed E-state index contributed by atoms with van der Waals surface area (Å²) in [6.07, 6.45) is 0. The number of nitrogens with zero attached hydrogens (tertiary/aromatic N) is 1. The summed E-state index contributed by atoms with van der Waals surface area (Å²) in [6, 6.07) is 7.32. The number of carbonyl (C=O) groups excluding carboxylic acids is 1. The van der Waals surface area contributed by atoms with Crippen LogP contribution in [0.25, 0.3) is 0 Å². The van der Waals surface area contributed by atoms with Crippen molar-refractivity contribution in [3.8, 4) is 0 Å². The molecule has 0 spiro atoms. The predicted molar refractivity (Wildman–Crippen MR) is 92.6 cm³/mol. The molecule has 0 radical (unpaired) electrons. The van der Waals surface area contributed by atoms with E-state index in [1.54, 1.807) is 31.3 Å². The van der Waals surface area contributed by atoms with Gasteiger partial charge in [0.25, 0.3) is 5.91 Å². The maximum Gasteiger partial charge on any atom is 0.252 e. The molecule has 0 aromatic heterocycles. The van der Waals surface area contributed by atoms with Crippen LogP contribution in [0.4, 0.5) is 0 Å². The molecule has 0 bridgehead atoms. The van der Waals surface area contributed by atoms with Crippen molar-refractivity contribution in [2.45, 2.75) is 26.8 Å². The fourth-order valence-electron chi connectivity index (χ4n) is 1.67. The molecule has 1 aromatic rings. The standard InChI is InChI=1S/C16H25ClN4O/c1-11(2)12(3)21-16(18-4)20-10-9-19-15(22)13-7-5-6-8-14(13)17/h5-8,11-12H,9-10H2,1-4H3,(H,19,22)(H2,18,20,21). The molecule has 0 aliphatic heterocycles. The number of aliphatic imine (C=N–C) groups is 1. The van der Waals surface area contributed by atoms with Gasteiger partial charge in [-0.25, -0.2) is 0 Å². The van der Waals surface area contributed by atoms with E-state index in [1.165, 1.54) is 0 Å². The van der Waals surface area contributed by atoms with Gasteiger partial charge in [0.05, 0.1) is 10.6 Å². The smallest absolute Gasteiger partial charge is 0.252 e. The summed E-state index contributed by atoms with van der Waals surface area (Å²) < 4.78 is 0. The molecule has 1 rings (SSSR count). The molecule has 5 nitrogen and oxygen atoms in total. The number of hydrogen-bond donors (Lipinski definition) is 3. The van der Waals surface area contributed by atoms with Crippen molar-refractivity contribution in [2.24, 2.45) is 10.9 Å². The summed E-state index contributed by atoms with van der Waals surface area (Å²) in [4.78, 5) is 16.1. The number of nitrogens with one attached hydrogen (secondary N) is 3. The Balaban J connectivity index is 2.35. The summed E-state index contributed by atoms with van der Waals surface area (Å²) in [6.45, 7) is 7.47. The molecule has 1 amide bonds. The third-order valence-electron chi connectivity index (χ3n) is 3.41. The van der Waals surface area contributed by atoms with E-state index in [0.717, 1.165) is 5.96 Å². The molecule has 122 valence electrons. The third kappa shape index (κ3) is 5.93. The summed E-state index contributed by atoms with van der Waals surface area (Å²) in [5.41, 5.74) is 0.486. The number of carbonyl (C=O) groups is 1. The van der Waals surface area contributed by atoms with E-state index in [0.29, 0.717) is 35.6 Å². The molecule has 22 heavy (non-hydrogen) atoms. The Morgan fingerprint density at radius 2 is 1.82 bits per heavy atom. The second kappa shape index (κ2) is 9.30. The zero-order valence-corrected chi connectivity index (χ0v) is 14.4. The number of guanidine groups is 1. The molecule has 0 saturated carbocycles. The Morgan fingerprint density at radius 3 is 2.41 bits per heavy atom. The van der Waals surface area contributed by atoms with Gasteiger partial charge in [0.2, 0.25) is 0 Å². The van der Waals surface area contributed by atoms with Gasteiger partial charge >= 0.3 is 0 Å². The van der Waals surface area contributed by atoms with Crippen molar-refractivity contribution >= 4 is 23.5 Å². The zero-order chi connectivity index (χ0) is 16.5. The first kappa shape index (κ1) is 18.3. The van der Waals surface area contributed by atoms with Crippen molar-refractivity contribution in [1.82, 2.24) is 16.0 Å². The Bertz CT molecular complexity index is 517. The first-order chi connectivity index (χ1) is 10.5. The molecule has 6 heteroatoms. The lowest BCUT2D eigenvalue weighted by Gasteiger charge is -2.20. The first-order valence-corrected chi connectivity index (χ1v) is 7.83. The SMILES string of the molecule is CN=C(NCCNC(=O)c1ccccc1Cl)NC(C)C(C)C. The second-order valence-corrected chi connectivity index (χ2v) is 5.82. The Hall–Kier alpha value is -1.75. The summed E-state index contributed by atoms with van der Waals surface area (Å²) in [5.74, 6) is 1.07. The molecular formula is C16H25ClN4O. The van der Waals surface area contributed by atoms with Crippen molar-refractivity contribution < 1.29 is 4.79 Å². The Kier molecular flexibility index (Phi) is 7.74.